The molecule has 1 aromatic rings. The Labute approximate surface area is 133 Å². The lowest BCUT2D eigenvalue weighted by molar-refractivity contribution is -0.121. The summed E-state index contributed by atoms with van der Waals surface area (Å²) >= 11 is 0. The lowest BCUT2D eigenvalue weighted by Crippen LogP contribution is -2.34. The van der Waals surface area contributed by atoms with Crippen LogP contribution in [0.25, 0.3) is 0 Å². The molecule has 0 aromatic carbocycles. The fourth-order valence-corrected chi connectivity index (χ4v) is 2.72. The molecule has 2 N–H and O–H groups in total. The number of hydrogen-bond donors (Lipinski definition) is 2. The van der Waals surface area contributed by atoms with E-state index >= 15 is 0 Å². The lowest BCUT2D eigenvalue weighted by Gasteiger charge is -2.26. The number of carbonyl (C=O) groups excluding carboxylic acids is 1. The summed E-state index contributed by atoms with van der Waals surface area (Å²) in [5.74, 6) is 0.360. The molecule has 124 valence electrons. The first kappa shape index (κ1) is 18.6. The molecule has 1 rings (SSSR count). The molecule has 0 fully saturated rings. The predicted octanol–water partition coefficient (Wildman–Crippen LogP) is 2.80. The van der Waals surface area contributed by atoms with Gasteiger partial charge < -0.3 is 15.3 Å². The third-order valence-electron chi connectivity index (χ3n) is 3.51. The van der Waals surface area contributed by atoms with E-state index in [4.69, 9.17) is 0 Å². The minimum absolute atomic E-state index is 0.119. The lowest BCUT2D eigenvalue weighted by atomic mass is 9.89. The summed E-state index contributed by atoms with van der Waals surface area (Å²) in [5.41, 5.74) is 0.183. The van der Waals surface area contributed by atoms with Crippen LogP contribution in [0.1, 0.15) is 51.5 Å². The van der Waals surface area contributed by atoms with Crippen molar-refractivity contribution in [3.8, 4) is 0 Å². The molecular weight excluding hydrogens is 278 g/mol. The van der Waals surface area contributed by atoms with Gasteiger partial charge in [0.15, 0.2) is 0 Å². The van der Waals surface area contributed by atoms with Gasteiger partial charge in [0.2, 0.25) is 5.91 Å². The van der Waals surface area contributed by atoms with E-state index in [0.717, 1.165) is 24.9 Å². The number of nitrogens with zero attached hydrogens (tertiary/aromatic N) is 2. The molecular formula is C17H29N3O2. The molecule has 0 saturated carbocycles. The molecule has 5 heteroatoms. The van der Waals surface area contributed by atoms with Crippen molar-refractivity contribution in [2.24, 2.45) is 0 Å². The number of nitrogens with one attached hydrogen (secondary N) is 1. The van der Waals surface area contributed by atoms with E-state index < -0.39 is 5.60 Å². The van der Waals surface area contributed by atoms with E-state index in [1.165, 1.54) is 0 Å². The molecule has 0 aliphatic heterocycles. The van der Waals surface area contributed by atoms with Gasteiger partial charge in [-0.2, -0.15) is 0 Å². The second kappa shape index (κ2) is 8.86. The van der Waals surface area contributed by atoms with Gasteiger partial charge in [0.1, 0.15) is 5.82 Å². The molecule has 0 saturated heterocycles. The van der Waals surface area contributed by atoms with Gasteiger partial charge in [-0.05, 0) is 44.6 Å². The van der Waals surface area contributed by atoms with Crippen molar-refractivity contribution in [1.29, 1.82) is 0 Å². The van der Waals surface area contributed by atoms with Gasteiger partial charge in [-0.1, -0.05) is 26.7 Å². The summed E-state index contributed by atoms with van der Waals surface area (Å²) in [5, 5.41) is 13.3. The van der Waals surface area contributed by atoms with Crippen LogP contribution in [0.2, 0.25) is 0 Å². The minimum Gasteiger partial charge on any atom is -0.389 e. The molecule has 1 aromatic heterocycles. The topological polar surface area (TPSA) is 65.5 Å². The Balaban J connectivity index is 2.67. The number of pyridine rings is 1. The predicted molar refractivity (Wildman–Crippen MR) is 89.6 cm³/mol. The molecule has 22 heavy (non-hydrogen) atoms. The van der Waals surface area contributed by atoms with Crippen LogP contribution in [0.3, 0.4) is 0 Å². The molecule has 0 aliphatic carbocycles. The molecule has 0 bridgehead atoms. The van der Waals surface area contributed by atoms with Crippen LogP contribution in [0, 0.1) is 0 Å². The van der Waals surface area contributed by atoms with Crippen molar-refractivity contribution < 1.29 is 9.90 Å². The fraction of sp³-hybridized carbons (Fsp3) is 0.647. The Morgan fingerprint density at radius 3 is 2.50 bits per heavy atom. The zero-order valence-electron chi connectivity index (χ0n) is 14.2. The maximum atomic E-state index is 12.2. The van der Waals surface area contributed by atoms with Gasteiger partial charge in [0.25, 0.3) is 0 Å². The number of hydrogen-bond acceptors (Lipinski definition) is 4. The van der Waals surface area contributed by atoms with E-state index in [0.29, 0.717) is 18.7 Å². The number of carbonyl (C=O) groups is 1. The van der Waals surface area contributed by atoms with Gasteiger partial charge in [0, 0.05) is 12.7 Å². The second-order valence-electron chi connectivity index (χ2n) is 6.24. The van der Waals surface area contributed by atoms with Gasteiger partial charge in [-0.3, -0.25) is 4.79 Å². The van der Waals surface area contributed by atoms with Crippen LogP contribution in [0.15, 0.2) is 18.3 Å². The summed E-state index contributed by atoms with van der Waals surface area (Å²) in [4.78, 5) is 18.4. The molecule has 0 spiro atoms. The minimum atomic E-state index is -0.908. The monoisotopic (exact) mass is 307 g/mol. The summed E-state index contributed by atoms with van der Waals surface area (Å²) in [6.45, 7) is 4.83. The maximum absolute atomic E-state index is 12.2. The SMILES string of the molecule is CCCC(O)(CCC)CC(=O)Nc1cc(CN(C)C)ccn1. The quantitative estimate of drug-likeness (QED) is 0.736. The Morgan fingerprint density at radius 2 is 1.95 bits per heavy atom. The largest absolute Gasteiger partial charge is 0.389 e. The first-order chi connectivity index (χ1) is 10.4. The van der Waals surface area contributed by atoms with E-state index in [-0.39, 0.29) is 12.3 Å². The normalized spacial score (nSPS) is 11.7. The van der Waals surface area contributed by atoms with Crippen LogP contribution in [0.5, 0.6) is 0 Å². The van der Waals surface area contributed by atoms with Crippen molar-refractivity contribution in [1.82, 2.24) is 9.88 Å². The maximum Gasteiger partial charge on any atom is 0.228 e. The Kier molecular flexibility index (Phi) is 7.48. The van der Waals surface area contributed by atoms with Gasteiger partial charge in [-0.15, -0.1) is 0 Å². The smallest absolute Gasteiger partial charge is 0.228 e. The van der Waals surface area contributed by atoms with Crippen LogP contribution in [-0.4, -0.2) is 40.6 Å². The molecule has 1 heterocycles. The summed E-state index contributed by atoms with van der Waals surface area (Å²) in [6.07, 6.45) is 4.82. The summed E-state index contributed by atoms with van der Waals surface area (Å²) in [6, 6.07) is 3.80. The highest BCUT2D eigenvalue weighted by molar-refractivity contribution is 5.90. The van der Waals surface area contributed by atoms with Crippen molar-refractivity contribution in [2.75, 3.05) is 19.4 Å². The van der Waals surface area contributed by atoms with Crippen LogP contribution >= 0.6 is 0 Å². The molecule has 0 aliphatic rings. The number of aliphatic hydroxyl groups is 1. The highest BCUT2D eigenvalue weighted by atomic mass is 16.3. The summed E-state index contributed by atoms with van der Waals surface area (Å²) < 4.78 is 0. The molecule has 1 amide bonds. The third kappa shape index (κ3) is 6.54. The average Bonchev–Trinajstić information content (AvgIpc) is 2.37. The Morgan fingerprint density at radius 1 is 1.32 bits per heavy atom. The summed E-state index contributed by atoms with van der Waals surface area (Å²) in [7, 11) is 3.99. The first-order valence-corrected chi connectivity index (χ1v) is 8.00. The van der Waals surface area contributed by atoms with Crippen LogP contribution in [-0.2, 0) is 11.3 Å². The number of aromatic nitrogens is 1. The first-order valence-electron chi connectivity index (χ1n) is 8.00. The van der Waals surface area contributed by atoms with E-state index in [9.17, 15) is 9.90 Å². The van der Waals surface area contributed by atoms with Crippen LogP contribution in [0.4, 0.5) is 5.82 Å². The molecule has 0 unspecified atom stereocenters. The molecule has 0 radical (unpaired) electrons. The van der Waals surface area contributed by atoms with E-state index in [1.54, 1.807) is 6.20 Å². The van der Waals surface area contributed by atoms with Crippen molar-refractivity contribution in [2.45, 2.75) is 58.1 Å². The molecule has 0 atom stereocenters. The van der Waals surface area contributed by atoms with Crippen molar-refractivity contribution >= 4 is 11.7 Å². The Hall–Kier alpha value is -1.46. The highest BCUT2D eigenvalue weighted by Gasteiger charge is 2.28. The zero-order valence-corrected chi connectivity index (χ0v) is 14.2. The van der Waals surface area contributed by atoms with Gasteiger partial charge in [-0.25, -0.2) is 4.98 Å². The van der Waals surface area contributed by atoms with E-state index in [1.807, 2.05) is 40.1 Å². The number of rotatable bonds is 9. The average molecular weight is 307 g/mol. The zero-order chi connectivity index (χ0) is 16.6. The Bertz CT molecular complexity index is 469. The van der Waals surface area contributed by atoms with Crippen LogP contribution < -0.4 is 5.32 Å². The standard InChI is InChI=1S/C17H29N3O2/c1-5-8-17(22,9-6-2)12-16(21)19-15-11-14(7-10-18-15)13-20(3)4/h7,10-11,22H,5-6,8-9,12-13H2,1-4H3,(H,18,19,21). The fourth-order valence-electron chi connectivity index (χ4n) is 2.72. The van der Waals surface area contributed by atoms with E-state index in [2.05, 4.69) is 15.2 Å². The third-order valence-corrected chi connectivity index (χ3v) is 3.51. The van der Waals surface area contributed by atoms with Crippen molar-refractivity contribution in [3.63, 3.8) is 0 Å². The second-order valence-corrected chi connectivity index (χ2v) is 6.24. The van der Waals surface area contributed by atoms with Gasteiger partial charge in [0.05, 0.1) is 12.0 Å². The molecule has 5 nitrogen and oxygen atoms in total. The number of amides is 1. The van der Waals surface area contributed by atoms with Gasteiger partial charge >= 0.3 is 0 Å². The highest BCUT2D eigenvalue weighted by Crippen LogP contribution is 2.24. The number of anilines is 1. The van der Waals surface area contributed by atoms with Crippen molar-refractivity contribution in [3.05, 3.63) is 23.9 Å².